The van der Waals surface area contributed by atoms with Crippen molar-refractivity contribution in [1.29, 1.82) is 0 Å². The van der Waals surface area contributed by atoms with Crippen LogP contribution in [-0.2, 0) is 9.59 Å². The monoisotopic (exact) mass is 440 g/mol. The minimum Gasteiger partial charge on any atom is -0.290 e. The first-order valence-corrected chi connectivity index (χ1v) is 8.93. The van der Waals surface area contributed by atoms with Gasteiger partial charge in [-0.2, -0.15) is 0 Å². The number of hydrogen-bond acceptors (Lipinski definition) is 2. The minimum absolute atomic E-state index is 0.152. The summed E-state index contributed by atoms with van der Waals surface area (Å²) in [7, 11) is 0. The van der Waals surface area contributed by atoms with E-state index in [-0.39, 0.29) is 11.6 Å². The van der Waals surface area contributed by atoms with Crippen LogP contribution in [0.1, 0.15) is 5.56 Å². The van der Waals surface area contributed by atoms with Crippen LogP contribution in [-0.4, -0.2) is 11.6 Å². The Balaban J connectivity index is 2.15. The van der Waals surface area contributed by atoms with E-state index in [1.165, 1.54) is 18.2 Å². The van der Waals surface area contributed by atoms with Crippen LogP contribution in [0.15, 0.2) is 69.6 Å². The highest BCUT2D eigenvalue weighted by molar-refractivity contribution is 9.11. The fourth-order valence-electron chi connectivity index (χ4n) is 3.12. The quantitative estimate of drug-likeness (QED) is 0.363. The number of fused-ring (bicyclic) bond motifs is 3. The summed E-state index contributed by atoms with van der Waals surface area (Å²) in [5, 5.41) is 4.14. The van der Waals surface area contributed by atoms with Crippen molar-refractivity contribution >= 4 is 70.5 Å². The van der Waals surface area contributed by atoms with E-state index in [0.717, 1.165) is 36.1 Å². The van der Waals surface area contributed by atoms with Gasteiger partial charge in [-0.1, -0.05) is 62.2 Å². The SMILES string of the molecule is O=C1C=CC(=O)C(c2cccc3c2c(Br)cc2cccc(Br)c23)=C1. The van der Waals surface area contributed by atoms with E-state index >= 15 is 0 Å². The summed E-state index contributed by atoms with van der Waals surface area (Å²) < 4.78 is 1.89. The molecule has 0 N–H and O–H groups in total. The highest BCUT2D eigenvalue weighted by Gasteiger charge is 2.19. The molecule has 0 fully saturated rings. The van der Waals surface area contributed by atoms with Crippen molar-refractivity contribution in [3.63, 3.8) is 0 Å². The molecule has 4 rings (SSSR count). The Morgan fingerprint density at radius 3 is 2.42 bits per heavy atom. The molecule has 0 amide bonds. The Hall–Kier alpha value is -2.04. The molecule has 0 saturated heterocycles. The molecule has 0 bridgehead atoms. The molecule has 0 heterocycles. The van der Waals surface area contributed by atoms with Crippen molar-refractivity contribution in [3.05, 3.63) is 75.2 Å². The summed E-state index contributed by atoms with van der Waals surface area (Å²) in [5.74, 6) is -0.319. The fraction of sp³-hybridized carbons (Fsp3) is 0. The van der Waals surface area contributed by atoms with Gasteiger partial charge in [0, 0.05) is 25.3 Å². The summed E-state index contributed by atoms with van der Waals surface area (Å²) in [4.78, 5) is 24.0. The lowest BCUT2D eigenvalue weighted by molar-refractivity contribution is -0.113. The Kier molecular flexibility index (Phi) is 3.74. The lowest BCUT2D eigenvalue weighted by atomic mass is 9.90. The van der Waals surface area contributed by atoms with Crippen LogP contribution >= 0.6 is 31.9 Å². The second-order valence-corrected chi connectivity index (χ2v) is 7.29. The third-order valence-corrected chi connectivity index (χ3v) is 5.43. The predicted molar refractivity (Wildman–Crippen MR) is 104 cm³/mol. The summed E-state index contributed by atoms with van der Waals surface area (Å²) in [6, 6.07) is 13.9. The maximum absolute atomic E-state index is 12.3. The van der Waals surface area contributed by atoms with Crippen LogP contribution in [0, 0.1) is 0 Å². The molecule has 0 saturated carbocycles. The van der Waals surface area contributed by atoms with Crippen LogP contribution in [0.3, 0.4) is 0 Å². The molecule has 1 aliphatic carbocycles. The first-order valence-electron chi connectivity index (χ1n) is 7.34. The Morgan fingerprint density at radius 2 is 1.58 bits per heavy atom. The van der Waals surface area contributed by atoms with Gasteiger partial charge in [0.2, 0.25) is 0 Å². The molecule has 0 aliphatic heterocycles. The van der Waals surface area contributed by atoms with Crippen LogP contribution < -0.4 is 0 Å². The van der Waals surface area contributed by atoms with Gasteiger partial charge in [0.1, 0.15) is 0 Å². The number of hydrogen-bond donors (Lipinski definition) is 0. The molecule has 3 aromatic rings. The van der Waals surface area contributed by atoms with E-state index < -0.39 is 0 Å². The highest BCUT2D eigenvalue weighted by Crippen LogP contribution is 2.39. The molecule has 1 aliphatic rings. The molecule has 2 nitrogen and oxygen atoms in total. The van der Waals surface area contributed by atoms with Crippen molar-refractivity contribution in [2.24, 2.45) is 0 Å². The molecule has 0 unspecified atom stereocenters. The predicted octanol–water partition coefficient (Wildman–Crippen LogP) is 5.61. The average molecular weight is 442 g/mol. The maximum Gasteiger partial charge on any atom is 0.186 e. The largest absolute Gasteiger partial charge is 0.290 e. The number of halogens is 2. The van der Waals surface area contributed by atoms with Gasteiger partial charge in [0.05, 0.1) is 0 Å². The van der Waals surface area contributed by atoms with Gasteiger partial charge in [0.15, 0.2) is 11.6 Å². The van der Waals surface area contributed by atoms with Crippen molar-refractivity contribution < 1.29 is 9.59 Å². The molecule has 0 radical (unpaired) electrons. The van der Waals surface area contributed by atoms with Crippen molar-refractivity contribution in [2.75, 3.05) is 0 Å². The van der Waals surface area contributed by atoms with Crippen LogP contribution in [0.25, 0.3) is 27.1 Å². The number of allylic oxidation sites excluding steroid dienone is 4. The highest BCUT2D eigenvalue weighted by atomic mass is 79.9. The summed E-state index contributed by atoms with van der Waals surface area (Å²) in [5.41, 5.74) is 1.19. The lowest BCUT2D eigenvalue weighted by Gasteiger charge is -2.14. The van der Waals surface area contributed by atoms with Gasteiger partial charge in [-0.25, -0.2) is 0 Å². The second-order valence-electron chi connectivity index (χ2n) is 5.58. The zero-order valence-electron chi connectivity index (χ0n) is 12.3. The molecule has 24 heavy (non-hydrogen) atoms. The molecular formula is C20H10Br2O2. The molecule has 116 valence electrons. The Morgan fingerprint density at radius 1 is 0.792 bits per heavy atom. The zero-order valence-corrected chi connectivity index (χ0v) is 15.5. The Labute approximate surface area is 155 Å². The van der Waals surface area contributed by atoms with Gasteiger partial charge in [-0.15, -0.1) is 0 Å². The van der Waals surface area contributed by atoms with Crippen molar-refractivity contribution in [1.82, 2.24) is 0 Å². The summed E-state index contributed by atoms with van der Waals surface area (Å²) in [6.07, 6.45) is 4.05. The van der Waals surface area contributed by atoms with Crippen LogP contribution in [0.4, 0.5) is 0 Å². The Bertz CT molecular complexity index is 1110. The van der Waals surface area contributed by atoms with Gasteiger partial charge < -0.3 is 0 Å². The summed E-state index contributed by atoms with van der Waals surface area (Å²) in [6.45, 7) is 0. The molecule has 3 aromatic carbocycles. The number of rotatable bonds is 1. The minimum atomic E-state index is -0.167. The first-order chi connectivity index (χ1) is 11.6. The van der Waals surface area contributed by atoms with E-state index in [1.807, 2.05) is 42.5 Å². The van der Waals surface area contributed by atoms with Gasteiger partial charge in [0.25, 0.3) is 0 Å². The molecule has 0 atom stereocenters. The van der Waals surface area contributed by atoms with Crippen molar-refractivity contribution in [2.45, 2.75) is 0 Å². The third kappa shape index (κ3) is 2.38. The second kappa shape index (κ2) is 5.80. The number of carbonyl (C=O) groups excluding carboxylic acids is 2. The van der Waals surface area contributed by atoms with E-state index in [0.29, 0.717) is 5.57 Å². The van der Waals surface area contributed by atoms with Crippen molar-refractivity contribution in [3.8, 4) is 0 Å². The van der Waals surface area contributed by atoms with E-state index in [2.05, 4.69) is 31.9 Å². The molecule has 0 aromatic heterocycles. The van der Waals surface area contributed by atoms with Gasteiger partial charge >= 0.3 is 0 Å². The number of benzene rings is 3. The molecule has 0 spiro atoms. The fourth-order valence-corrected chi connectivity index (χ4v) is 4.38. The standard InChI is InChI=1S/C20H10Br2O2/c21-16-6-1-3-11-9-17(22)20-13(4-2-5-14(20)19(11)16)15-10-12(23)7-8-18(15)24/h1-10H. The average Bonchev–Trinajstić information content (AvgIpc) is 2.56. The normalized spacial score (nSPS) is 14.5. The summed E-state index contributed by atoms with van der Waals surface area (Å²) >= 11 is 7.26. The zero-order chi connectivity index (χ0) is 16.8. The van der Waals surface area contributed by atoms with Crippen LogP contribution in [0.5, 0.6) is 0 Å². The van der Waals surface area contributed by atoms with Crippen LogP contribution in [0.2, 0.25) is 0 Å². The van der Waals surface area contributed by atoms with Gasteiger partial charge in [-0.05, 0) is 46.7 Å². The van der Waals surface area contributed by atoms with E-state index in [1.54, 1.807) is 0 Å². The molecular weight excluding hydrogens is 432 g/mol. The lowest BCUT2D eigenvalue weighted by Crippen LogP contribution is -2.07. The molecule has 4 heteroatoms. The third-order valence-electron chi connectivity index (χ3n) is 4.14. The number of carbonyl (C=O) groups is 2. The topological polar surface area (TPSA) is 34.1 Å². The smallest absolute Gasteiger partial charge is 0.186 e. The van der Waals surface area contributed by atoms with Gasteiger partial charge in [-0.3, -0.25) is 9.59 Å². The van der Waals surface area contributed by atoms with E-state index in [4.69, 9.17) is 0 Å². The maximum atomic E-state index is 12.3. The van der Waals surface area contributed by atoms with E-state index in [9.17, 15) is 9.59 Å². The first kappa shape index (κ1) is 15.5. The number of ketones is 2.